The lowest BCUT2D eigenvalue weighted by atomic mass is 10.0. The molecule has 0 unspecified atom stereocenters. The summed E-state index contributed by atoms with van der Waals surface area (Å²) in [6, 6.07) is 1.76. The zero-order valence-electron chi connectivity index (χ0n) is 15.5. The summed E-state index contributed by atoms with van der Waals surface area (Å²) in [6.07, 6.45) is 6.75. The number of amides is 1. The fourth-order valence-electron chi connectivity index (χ4n) is 3.84. The maximum atomic E-state index is 12.9. The largest absolute Gasteiger partial charge is 0.332 e. The van der Waals surface area contributed by atoms with Gasteiger partial charge in [-0.25, -0.2) is 0 Å². The van der Waals surface area contributed by atoms with E-state index in [0.29, 0.717) is 18.8 Å². The van der Waals surface area contributed by atoms with Gasteiger partial charge in [0.1, 0.15) is 17.7 Å². The molecule has 4 heterocycles. The Balaban J connectivity index is 1.48. The van der Waals surface area contributed by atoms with E-state index >= 15 is 0 Å². The lowest BCUT2D eigenvalue weighted by Gasteiger charge is -2.27. The molecule has 1 fully saturated rings. The van der Waals surface area contributed by atoms with Crippen LogP contribution in [0.15, 0.2) is 18.6 Å². The summed E-state index contributed by atoms with van der Waals surface area (Å²) in [5.41, 5.74) is 3.68. The molecule has 0 N–H and O–H groups in total. The Morgan fingerprint density at radius 3 is 2.85 bits per heavy atom. The van der Waals surface area contributed by atoms with Crippen molar-refractivity contribution in [2.45, 2.75) is 32.4 Å². The molecule has 0 aromatic carbocycles. The third kappa shape index (κ3) is 2.73. The van der Waals surface area contributed by atoms with Crippen molar-refractivity contribution in [1.29, 1.82) is 0 Å². The highest BCUT2D eigenvalue weighted by Gasteiger charge is 2.31. The smallest absolute Gasteiger partial charge is 0.272 e. The van der Waals surface area contributed by atoms with E-state index in [-0.39, 0.29) is 5.91 Å². The van der Waals surface area contributed by atoms with Gasteiger partial charge in [-0.3, -0.25) is 14.2 Å². The first-order valence-electron chi connectivity index (χ1n) is 9.32. The number of nitrogens with zero attached hydrogens (tertiary/aromatic N) is 8. The number of rotatable bonds is 4. The van der Waals surface area contributed by atoms with Crippen molar-refractivity contribution in [1.82, 2.24) is 39.2 Å². The predicted octanol–water partition coefficient (Wildman–Crippen LogP) is 1.02. The van der Waals surface area contributed by atoms with Crippen LogP contribution in [0.5, 0.6) is 0 Å². The summed E-state index contributed by atoms with van der Waals surface area (Å²) < 4.78 is 5.64. The van der Waals surface area contributed by atoms with Crippen LogP contribution in [0.25, 0.3) is 11.5 Å². The zero-order valence-corrected chi connectivity index (χ0v) is 15.5. The van der Waals surface area contributed by atoms with Crippen molar-refractivity contribution >= 4 is 5.91 Å². The van der Waals surface area contributed by atoms with Crippen molar-refractivity contribution in [3.63, 3.8) is 0 Å². The molecule has 140 valence electrons. The maximum absolute atomic E-state index is 12.9. The standard InChI is InChI=1S/C18H22N8O/c1-23-15(5-7-20-23)18(27)25-8-6-14-13(10-25)16(22-24(14)2)17-21-19-11-26(17)9-12-3-4-12/h5,7,11-12H,3-4,6,8-10H2,1-2H3. The van der Waals surface area contributed by atoms with Gasteiger partial charge in [0.2, 0.25) is 0 Å². The van der Waals surface area contributed by atoms with Crippen LogP contribution in [0.3, 0.4) is 0 Å². The molecule has 5 rings (SSSR count). The molecular formula is C18H22N8O. The van der Waals surface area contributed by atoms with Crippen molar-refractivity contribution in [3.05, 3.63) is 35.5 Å². The van der Waals surface area contributed by atoms with E-state index in [2.05, 4.69) is 19.9 Å². The first kappa shape index (κ1) is 16.2. The van der Waals surface area contributed by atoms with Gasteiger partial charge < -0.3 is 9.47 Å². The fraction of sp³-hybridized carbons (Fsp3) is 0.500. The highest BCUT2D eigenvalue weighted by molar-refractivity contribution is 5.92. The highest BCUT2D eigenvalue weighted by atomic mass is 16.2. The Bertz CT molecular complexity index is 1010. The third-order valence-corrected chi connectivity index (χ3v) is 5.55. The number of hydrogen-bond donors (Lipinski definition) is 0. The topological polar surface area (TPSA) is 86.7 Å². The second-order valence-corrected chi connectivity index (χ2v) is 7.46. The van der Waals surface area contributed by atoms with Crippen LogP contribution in [-0.4, -0.2) is 51.7 Å². The van der Waals surface area contributed by atoms with E-state index in [1.165, 1.54) is 18.5 Å². The average Bonchev–Trinajstić information content (AvgIpc) is 3.04. The Kier molecular flexibility index (Phi) is 3.63. The maximum Gasteiger partial charge on any atom is 0.272 e. The molecule has 2 aliphatic rings. The van der Waals surface area contributed by atoms with Crippen LogP contribution in [0.2, 0.25) is 0 Å². The first-order chi connectivity index (χ1) is 13.1. The molecule has 1 aliphatic carbocycles. The van der Waals surface area contributed by atoms with Gasteiger partial charge in [0, 0.05) is 51.1 Å². The monoisotopic (exact) mass is 366 g/mol. The van der Waals surface area contributed by atoms with Gasteiger partial charge >= 0.3 is 0 Å². The lowest BCUT2D eigenvalue weighted by molar-refractivity contribution is 0.0722. The number of carbonyl (C=O) groups is 1. The van der Waals surface area contributed by atoms with Crippen LogP contribution in [0, 0.1) is 5.92 Å². The normalized spacial score (nSPS) is 16.6. The number of carbonyl (C=O) groups excluding carboxylic acids is 1. The molecule has 0 atom stereocenters. The van der Waals surface area contributed by atoms with E-state index in [0.717, 1.165) is 36.0 Å². The lowest BCUT2D eigenvalue weighted by Crippen LogP contribution is -2.37. The Morgan fingerprint density at radius 2 is 2.11 bits per heavy atom. The van der Waals surface area contributed by atoms with Crippen LogP contribution >= 0.6 is 0 Å². The molecule has 1 saturated carbocycles. The molecule has 27 heavy (non-hydrogen) atoms. The first-order valence-corrected chi connectivity index (χ1v) is 9.32. The van der Waals surface area contributed by atoms with E-state index < -0.39 is 0 Å². The van der Waals surface area contributed by atoms with E-state index in [9.17, 15) is 4.79 Å². The minimum absolute atomic E-state index is 0.00472. The van der Waals surface area contributed by atoms with Gasteiger partial charge in [-0.1, -0.05) is 0 Å². The van der Waals surface area contributed by atoms with Gasteiger partial charge in [-0.15, -0.1) is 10.2 Å². The van der Waals surface area contributed by atoms with E-state index in [4.69, 9.17) is 5.10 Å². The van der Waals surface area contributed by atoms with Crippen molar-refractivity contribution in [2.24, 2.45) is 20.0 Å². The van der Waals surface area contributed by atoms with Crippen molar-refractivity contribution in [3.8, 4) is 11.5 Å². The van der Waals surface area contributed by atoms with Crippen LogP contribution in [0.4, 0.5) is 0 Å². The highest BCUT2D eigenvalue weighted by Crippen LogP contribution is 2.33. The van der Waals surface area contributed by atoms with Crippen LogP contribution in [0.1, 0.15) is 34.6 Å². The van der Waals surface area contributed by atoms with Crippen LogP contribution in [-0.2, 0) is 33.6 Å². The molecule has 0 spiro atoms. The Labute approximate surface area is 156 Å². The minimum Gasteiger partial charge on any atom is -0.332 e. The quantitative estimate of drug-likeness (QED) is 0.688. The Morgan fingerprint density at radius 1 is 1.26 bits per heavy atom. The van der Waals surface area contributed by atoms with Crippen molar-refractivity contribution < 1.29 is 4.79 Å². The average molecular weight is 366 g/mol. The Hall–Kier alpha value is -2.97. The SMILES string of the molecule is Cn1nccc1C(=O)N1CCc2c(c(-c3nncn3CC3CC3)nn2C)C1. The van der Waals surface area contributed by atoms with Gasteiger partial charge in [0.05, 0.1) is 6.54 Å². The summed E-state index contributed by atoms with van der Waals surface area (Å²) >= 11 is 0. The zero-order chi connectivity index (χ0) is 18.5. The number of hydrogen-bond acceptors (Lipinski definition) is 5. The van der Waals surface area contributed by atoms with Gasteiger partial charge in [0.15, 0.2) is 5.82 Å². The number of aromatic nitrogens is 7. The second-order valence-electron chi connectivity index (χ2n) is 7.46. The molecule has 0 bridgehead atoms. The van der Waals surface area contributed by atoms with Crippen molar-refractivity contribution in [2.75, 3.05) is 6.54 Å². The summed E-state index contributed by atoms with van der Waals surface area (Å²) in [5, 5.41) is 17.3. The number of aryl methyl sites for hydroxylation is 2. The molecule has 9 heteroatoms. The molecular weight excluding hydrogens is 344 g/mol. The summed E-state index contributed by atoms with van der Waals surface area (Å²) in [5.74, 6) is 1.52. The van der Waals surface area contributed by atoms with E-state index in [1.54, 1.807) is 30.3 Å². The van der Waals surface area contributed by atoms with Gasteiger partial charge in [-0.05, 0) is 24.8 Å². The fourth-order valence-corrected chi connectivity index (χ4v) is 3.84. The number of fused-ring (bicyclic) bond motifs is 1. The van der Waals surface area contributed by atoms with Gasteiger partial charge in [0.25, 0.3) is 5.91 Å². The molecule has 0 saturated heterocycles. The molecule has 0 radical (unpaired) electrons. The second kappa shape index (κ2) is 6.04. The molecule has 3 aromatic rings. The van der Waals surface area contributed by atoms with E-state index in [1.807, 2.05) is 16.6 Å². The molecule has 3 aromatic heterocycles. The molecule has 1 aliphatic heterocycles. The minimum atomic E-state index is -0.00472. The summed E-state index contributed by atoms with van der Waals surface area (Å²) in [7, 11) is 3.75. The third-order valence-electron chi connectivity index (χ3n) is 5.55. The summed E-state index contributed by atoms with van der Waals surface area (Å²) in [6.45, 7) is 2.13. The predicted molar refractivity (Wildman–Crippen MR) is 96.6 cm³/mol. The van der Waals surface area contributed by atoms with Crippen LogP contribution < -0.4 is 0 Å². The molecule has 9 nitrogen and oxygen atoms in total. The summed E-state index contributed by atoms with van der Waals surface area (Å²) in [4.78, 5) is 14.8. The molecule has 1 amide bonds. The van der Waals surface area contributed by atoms with Gasteiger partial charge in [-0.2, -0.15) is 10.2 Å².